The fraction of sp³-hybridized carbons (Fsp3) is 0.143. The quantitative estimate of drug-likeness (QED) is 0.647. The number of benzene rings is 2. The van der Waals surface area contributed by atoms with E-state index in [9.17, 15) is 14.5 Å². The second-order valence-corrected chi connectivity index (χ2v) is 5.10. The van der Waals surface area contributed by atoms with Gasteiger partial charge in [-0.05, 0) is 39.7 Å². The van der Waals surface area contributed by atoms with E-state index in [1.165, 1.54) is 31.4 Å². The monoisotopic (exact) mass is 354 g/mol. The predicted octanol–water partition coefficient (Wildman–Crippen LogP) is 4.12. The summed E-state index contributed by atoms with van der Waals surface area (Å²) in [6, 6.07) is 9.10. The van der Waals surface area contributed by atoms with E-state index in [2.05, 4.69) is 21.2 Å². The zero-order chi connectivity index (χ0) is 15.4. The average molecular weight is 355 g/mol. The number of hydrogen-bond acceptors (Lipinski definition) is 4. The number of nitro benzene ring substituents is 1. The molecule has 5 nitrogen and oxygen atoms in total. The zero-order valence-electron chi connectivity index (χ0n) is 11.1. The Labute approximate surface area is 129 Å². The van der Waals surface area contributed by atoms with E-state index >= 15 is 0 Å². The highest BCUT2D eigenvalue weighted by Crippen LogP contribution is 2.27. The molecule has 2 aromatic carbocycles. The Kier molecular flexibility index (Phi) is 4.74. The standard InChI is InChI=1S/C14H12BrFN2O3/c1-21-10-3-5-12(16)13(7-10)17-8-9-2-4-11(15)14(6-9)18(19)20/h2-7,17H,8H2,1H3. The number of anilines is 1. The number of hydrogen-bond donors (Lipinski definition) is 1. The predicted molar refractivity (Wildman–Crippen MR) is 81.1 cm³/mol. The Morgan fingerprint density at radius 2 is 2.10 bits per heavy atom. The van der Waals surface area contributed by atoms with Crippen molar-refractivity contribution in [2.75, 3.05) is 12.4 Å². The molecule has 0 fully saturated rings. The van der Waals surface area contributed by atoms with Crippen molar-refractivity contribution in [2.24, 2.45) is 0 Å². The highest BCUT2D eigenvalue weighted by Gasteiger charge is 2.12. The van der Waals surface area contributed by atoms with Gasteiger partial charge >= 0.3 is 0 Å². The van der Waals surface area contributed by atoms with Gasteiger partial charge in [0.25, 0.3) is 5.69 Å². The number of halogens is 2. The van der Waals surface area contributed by atoms with Crippen molar-refractivity contribution < 1.29 is 14.1 Å². The van der Waals surface area contributed by atoms with Gasteiger partial charge in [-0.25, -0.2) is 4.39 Å². The second kappa shape index (κ2) is 6.53. The van der Waals surface area contributed by atoms with Crippen LogP contribution in [0.25, 0.3) is 0 Å². The van der Waals surface area contributed by atoms with Crippen molar-refractivity contribution in [2.45, 2.75) is 6.54 Å². The summed E-state index contributed by atoms with van der Waals surface area (Å²) < 4.78 is 19.1. The van der Waals surface area contributed by atoms with Crippen LogP contribution in [0.2, 0.25) is 0 Å². The van der Waals surface area contributed by atoms with Crippen LogP contribution in [0.15, 0.2) is 40.9 Å². The Bertz CT molecular complexity index is 679. The van der Waals surface area contributed by atoms with Gasteiger partial charge in [-0.3, -0.25) is 10.1 Å². The third-order valence-corrected chi connectivity index (χ3v) is 3.53. The summed E-state index contributed by atoms with van der Waals surface area (Å²) in [7, 11) is 1.50. The van der Waals surface area contributed by atoms with E-state index in [1.807, 2.05) is 0 Å². The lowest BCUT2D eigenvalue weighted by atomic mass is 10.2. The molecule has 0 aliphatic heterocycles. The number of nitrogens with one attached hydrogen (secondary N) is 1. The molecule has 0 saturated carbocycles. The molecule has 0 heterocycles. The van der Waals surface area contributed by atoms with Crippen molar-refractivity contribution in [1.82, 2.24) is 0 Å². The number of nitro groups is 1. The molecule has 0 bridgehead atoms. The molecule has 0 spiro atoms. The van der Waals surface area contributed by atoms with E-state index in [1.54, 1.807) is 12.1 Å². The van der Waals surface area contributed by atoms with Crippen molar-refractivity contribution >= 4 is 27.3 Å². The lowest BCUT2D eigenvalue weighted by Gasteiger charge is -2.09. The Morgan fingerprint density at radius 1 is 1.33 bits per heavy atom. The molecule has 2 aromatic rings. The van der Waals surface area contributed by atoms with Crippen LogP contribution < -0.4 is 10.1 Å². The molecule has 110 valence electrons. The summed E-state index contributed by atoms with van der Waals surface area (Å²) in [5.41, 5.74) is 0.924. The van der Waals surface area contributed by atoms with Crippen LogP contribution in [-0.4, -0.2) is 12.0 Å². The lowest BCUT2D eigenvalue weighted by Crippen LogP contribution is -2.02. The van der Waals surface area contributed by atoms with Crippen LogP contribution in [0.5, 0.6) is 5.75 Å². The molecule has 0 radical (unpaired) electrons. The van der Waals surface area contributed by atoms with Crippen LogP contribution >= 0.6 is 15.9 Å². The Balaban J connectivity index is 2.16. The number of methoxy groups -OCH3 is 1. The van der Waals surface area contributed by atoms with Crippen LogP contribution in [0, 0.1) is 15.9 Å². The first-order valence-electron chi connectivity index (χ1n) is 6.01. The lowest BCUT2D eigenvalue weighted by molar-refractivity contribution is -0.385. The molecule has 7 heteroatoms. The maximum absolute atomic E-state index is 13.6. The summed E-state index contributed by atoms with van der Waals surface area (Å²) in [5, 5.41) is 13.8. The molecule has 0 aliphatic rings. The van der Waals surface area contributed by atoms with Crippen molar-refractivity contribution in [3.63, 3.8) is 0 Å². The van der Waals surface area contributed by atoms with Crippen LogP contribution in [0.4, 0.5) is 15.8 Å². The molecular formula is C14H12BrFN2O3. The molecule has 0 atom stereocenters. The summed E-state index contributed by atoms with van der Waals surface area (Å²) >= 11 is 3.12. The molecule has 2 rings (SSSR count). The first-order valence-corrected chi connectivity index (χ1v) is 6.81. The minimum Gasteiger partial charge on any atom is -0.497 e. The molecule has 21 heavy (non-hydrogen) atoms. The van der Waals surface area contributed by atoms with E-state index in [4.69, 9.17) is 4.74 Å². The van der Waals surface area contributed by atoms with Gasteiger partial charge in [0.15, 0.2) is 0 Å². The fourth-order valence-corrected chi connectivity index (χ4v) is 2.16. The molecule has 0 unspecified atom stereocenters. The van der Waals surface area contributed by atoms with E-state index in [0.717, 1.165) is 0 Å². The Hall–Kier alpha value is -2.15. The van der Waals surface area contributed by atoms with Gasteiger partial charge in [-0.1, -0.05) is 6.07 Å². The highest BCUT2D eigenvalue weighted by molar-refractivity contribution is 9.10. The first-order chi connectivity index (χ1) is 10.0. The van der Waals surface area contributed by atoms with Gasteiger partial charge in [0.05, 0.1) is 22.2 Å². The van der Waals surface area contributed by atoms with Crippen LogP contribution in [-0.2, 0) is 6.54 Å². The zero-order valence-corrected chi connectivity index (χ0v) is 12.7. The van der Waals surface area contributed by atoms with E-state index in [0.29, 0.717) is 15.8 Å². The van der Waals surface area contributed by atoms with Gasteiger partial charge in [-0.15, -0.1) is 0 Å². The van der Waals surface area contributed by atoms with Crippen molar-refractivity contribution in [3.05, 3.63) is 62.4 Å². The number of rotatable bonds is 5. The topological polar surface area (TPSA) is 64.4 Å². The van der Waals surface area contributed by atoms with E-state index in [-0.39, 0.29) is 17.9 Å². The number of nitrogens with zero attached hydrogens (tertiary/aromatic N) is 1. The van der Waals surface area contributed by atoms with Crippen molar-refractivity contribution in [3.8, 4) is 5.75 Å². The van der Waals surface area contributed by atoms with Gasteiger partial charge in [-0.2, -0.15) is 0 Å². The minimum atomic E-state index is -0.473. The maximum Gasteiger partial charge on any atom is 0.283 e. The summed E-state index contributed by atoms with van der Waals surface area (Å²) in [6.45, 7) is 0.262. The van der Waals surface area contributed by atoms with Crippen LogP contribution in [0.1, 0.15) is 5.56 Å². The Morgan fingerprint density at radius 3 is 2.76 bits per heavy atom. The molecule has 0 aliphatic carbocycles. The van der Waals surface area contributed by atoms with Crippen molar-refractivity contribution in [1.29, 1.82) is 0 Å². The van der Waals surface area contributed by atoms with Gasteiger partial charge in [0.1, 0.15) is 11.6 Å². The summed E-state index contributed by atoms with van der Waals surface area (Å²) in [4.78, 5) is 10.4. The summed E-state index contributed by atoms with van der Waals surface area (Å²) in [6.07, 6.45) is 0. The first kappa shape index (κ1) is 15.2. The molecular weight excluding hydrogens is 343 g/mol. The molecule has 0 aromatic heterocycles. The average Bonchev–Trinajstić information content (AvgIpc) is 2.47. The summed E-state index contributed by atoms with van der Waals surface area (Å²) in [5.74, 6) is 0.114. The normalized spacial score (nSPS) is 10.2. The van der Waals surface area contributed by atoms with Gasteiger partial charge in [0.2, 0.25) is 0 Å². The molecule has 0 amide bonds. The maximum atomic E-state index is 13.6. The third kappa shape index (κ3) is 3.69. The van der Waals surface area contributed by atoms with Crippen LogP contribution in [0.3, 0.4) is 0 Å². The molecule has 1 N–H and O–H groups in total. The SMILES string of the molecule is COc1ccc(F)c(NCc2ccc(Br)c([N+](=O)[O-])c2)c1. The number of ether oxygens (including phenoxy) is 1. The largest absolute Gasteiger partial charge is 0.497 e. The van der Waals surface area contributed by atoms with Gasteiger partial charge in [0, 0.05) is 18.7 Å². The minimum absolute atomic E-state index is 0.0274. The van der Waals surface area contributed by atoms with Gasteiger partial charge < -0.3 is 10.1 Å². The second-order valence-electron chi connectivity index (χ2n) is 4.24. The third-order valence-electron chi connectivity index (χ3n) is 2.86. The fourth-order valence-electron chi connectivity index (χ4n) is 1.77. The van der Waals surface area contributed by atoms with E-state index < -0.39 is 10.7 Å². The smallest absolute Gasteiger partial charge is 0.283 e. The highest BCUT2D eigenvalue weighted by atomic mass is 79.9. The molecule has 0 saturated heterocycles.